The topological polar surface area (TPSA) is 163 Å². The number of hydrogen-bond acceptors (Lipinski definition) is 13. The number of hydrogen-bond donors (Lipinski definition) is 1. The maximum absolute atomic E-state index is 9.74. The summed E-state index contributed by atoms with van der Waals surface area (Å²) in [7, 11) is 1.69. The van der Waals surface area contributed by atoms with Gasteiger partial charge in [-0.3, -0.25) is 9.58 Å². The van der Waals surface area contributed by atoms with Crippen molar-refractivity contribution in [3.8, 4) is 29.0 Å². The van der Waals surface area contributed by atoms with Crippen LogP contribution in [0.5, 0.6) is 11.6 Å². The van der Waals surface area contributed by atoms with Gasteiger partial charge in [-0.2, -0.15) is 5.26 Å². The van der Waals surface area contributed by atoms with Crippen molar-refractivity contribution < 1.29 is 18.9 Å². The molecule has 0 spiro atoms. The fourth-order valence-corrected chi connectivity index (χ4v) is 6.87. The van der Waals surface area contributed by atoms with E-state index >= 15 is 0 Å². The molecule has 4 atom stereocenters. The van der Waals surface area contributed by atoms with Crippen LogP contribution >= 0.6 is 0 Å². The molecule has 3 aromatic heterocycles. The Bertz CT molecular complexity index is 1710. The minimum absolute atomic E-state index is 0.190. The van der Waals surface area contributed by atoms with Crippen LogP contribution < -0.4 is 14.8 Å². The van der Waals surface area contributed by atoms with E-state index < -0.39 is 0 Å². The van der Waals surface area contributed by atoms with Crippen molar-refractivity contribution in [2.24, 2.45) is 5.92 Å². The summed E-state index contributed by atoms with van der Waals surface area (Å²) in [5.41, 5.74) is 2.56. The van der Waals surface area contributed by atoms with Crippen LogP contribution in [0.25, 0.3) is 11.3 Å². The molecule has 4 aromatic rings. The van der Waals surface area contributed by atoms with E-state index in [-0.39, 0.29) is 30.3 Å². The van der Waals surface area contributed by atoms with Gasteiger partial charge in [-0.05, 0) is 75.1 Å². The van der Waals surface area contributed by atoms with Crippen LogP contribution in [0, 0.1) is 17.2 Å². The zero-order chi connectivity index (χ0) is 35.0. The van der Waals surface area contributed by atoms with Gasteiger partial charge in [0.2, 0.25) is 5.95 Å². The number of benzene rings is 1. The zero-order valence-corrected chi connectivity index (χ0v) is 29.5. The van der Waals surface area contributed by atoms with Crippen LogP contribution in [0.4, 0.5) is 11.6 Å². The fraction of sp³-hybridized carbons (Fsp3) is 0.571. The van der Waals surface area contributed by atoms with Crippen molar-refractivity contribution in [2.75, 3.05) is 38.7 Å². The molecule has 1 saturated carbocycles. The predicted octanol–water partition coefficient (Wildman–Crippen LogP) is 4.66. The van der Waals surface area contributed by atoms with E-state index in [2.05, 4.69) is 57.6 Å². The van der Waals surface area contributed by atoms with Gasteiger partial charge in [0.25, 0.3) is 5.88 Å². The number of anilines is 2. The monoisotopic (exact) mass is 685 g/mol. The summed E-state index contributed by atoms with van der Waals surface area (Å²) in [6.07, 6.45) is 9.78. The second-order valence-corrected chi connectivity index (χ2v) is 13.5. The van der Waals surface area contributed by atoms with E-state index in [9.17, 15) is 5.26 Å². The Kier molecular flexibility index (Phi) is 11.5. The molecule has 266 valence electrons. The van der Waals surface area contributed by atoms with Crippen LogP contribution in [-0.4, -0.2) is 103 Å². The molecule has 0 radical (unpaired) electrons. The summed E-state index contributed by atoms with van der Waals surface area (Å²) in [4.78, 5) is 11.9. The lowest BCUT2D eigenvalue weighted by molar-refractivity contribution is -0.0852. The summed E-state index contributed by atoms with van der Waals surface area (Å²) < 4.78 is 27.3. The third kappa shape index (κ3) is 8.92. The maximum atomic E-state index is 9.74. The number of ether oxygens (including phenoxy) is 4. The van der Waals surface area contributed by atoms with E-state index in [4.69, 9.17) is 29.0 Å². The Labute approximate surface area is 292 Å². The normalized spacial score (nSPS) is 22.4. The minimum atomic E-state index is -0.285. The number of nitriles is 1. The lowest BCUT2D eigenvalue weighted by atomic mass is 9.89. The van der Waals surface area contributed by atoms with Crippen molar-refractivity contribution in [1.82, 2.24) is 44.9 Å². The number of nitrogens with zero attached hydrogens (tertiary/aromatic N) is 10. The predicted molar refractivity (Wildman–Crippen MR) is 185 cm³/mol. The van der Waals surface area contributed by atoms with Gasteiger partial charge in [0, 0.05) is 43.9 Å². The van der Waals surface area contributed by atoms with Crippen LogP contribution in [-0.2, 0) is 16.0 Å². The van der Waals surface area contributed by atoms with E-state index in [1.807, 2.05) is 36.0 Å². The van der Waals surface area contributed by atoms with E-state index in [0.29, 0.717) is 60.3 Å². The van der Waals surface area contributed by atoms with Gasteiger partial charge in [-0.1, -0.05) is 13.0 Å². The highest BCUT2D eigenvalue weighted by Crippen LogP contribution is 2.36. The summed E-state index contributed by atoms with van der Waals surface area (Å²) >= 11 is 0. The Hall–Kier alpha value is -4.65. The van der Waals surface area contributed by atoms with Gasteiger partial charge >= 0.3 is 0 Å². The molecule has 2 fully saturated rings. The van der Waals surface area contributed by atoms with Crippen molar-refractivity contribution >= 4 is 11.6 Å². The number of aromatic nitrogens is 8. The van der Waals surface area contributed by atoms with Gasteiger partial charge in [0.05, 0.1) is 55.5 Å². The highest BCUT2D eigenvalue weighted by Gasteiger charge is 2.32. The second kappa shape index (κ2) is 16.4. The number of morpholine rings is 1. The number of rotatable bonds is 14. The molecule has 6 rings (SSSR count). The van der Waals surface area contributed by atoms with Gasteiger partial charge in [-0.15, -0.1) is 10.2 Å². The molecule has 2 aliphatic rings. The van der Waals surface area contributed by atoms with Gasteiger partial charge in [-0.25, -0.2) is 14.6 Å². The van der Waals surface area contributed by atoms with E-state index in [1.165, 1.54) is 6.33 Å². The highest BCUT2D eigenvalue weighted by molar-refractivity contribution is 5.66. The molecule has 1 aliphatic heterocycles. The summed E-state index contributed by atoms with van der Waals surface area (Å²) in [6.45, 7) is 11.8. The van der Waals surface area contributed by atoms with Crippen LogP contribution in [0.15, 0.2) is 43.0 Å². The Balaban J connectivity index is 1.18. The Morgan fingerprint density at radius 1 is 1.06 bits per heavy atom. The van der Waals surface area contributed by atoms with Crippen molar-refractivity contribution in [3.05, 3.63) is 48.5 Å². The largest absolute Gasteiger partial charge is 0.487 e. The molecule has 1 N–H and O–H groups in total. The number of methoxy groups -OCH3 is 1. The fourth-order valence-electron chi connectivity index (χ4n) is 6.87. The first-order valence-electron chi connectivity index (χ1n) is 17.4. The molecular weight excluding hydrogens is 638 g/mol. The number of tetrazole rings is 1. The molecule has 2 unspecified atom stereocenters. The highest BCUT2D eigenvalue weighted by atomic mass is 16.5. The quantitative estimate of drug-likeness (QED) is 0.195. The van der Waals surface area contributed by atoms with Gasteiger partial charge in [0.15, 0.2) is 0 Å². The lowest BCUT2D eigenvalue weighted by Crippen LogP contribution is -2.51. The van der Waals surface area contributed by atoms with Crippen molar-refractivity contribution in [3.63, 3.8) is 0 Å². The van der Waals surface area contributed by atoms with Crippen LogP contribution in [0.3, 0.4) is 0 Å². The average molecular weight is 686 g/mol. The van der Waals surface area contributed by atoms with E-state index in [0.717, 1.165) is 44.3 Å². The minimum Gasteiger partial charge on any atom is -0.487 e. The first-order chi connectivity index (χ1) is 24.3. The van der Waals surface area contributed by atoms with Gasteiger partial charge in [0.1, 0.15) is 29.9 Å². The first-order valence-corrected chi connectivity index (χ1v) is 17.4. The molecule has 1 aromatic carbocycles. The third-order valence-electron chi connectivity index (χ3n) is 9.12. The number of nitrogens with one attached hydrogen (secondary N) is 1. The molecule has 4 heterocycles. The standard InChI is InChI=1S/C35H47N11O4/c1-23(20-47-5)21-48-34-32(19-46(41-34)30-10-8-29(9-11-30)44-16-24(2)49-25(3)17-44)40-35-37-13-12-31(39-35)27-6-7-28(15-36)33(14-27)50-26(4)18-45-22-38-42-43-45/h6-7,12-14,19,22-26,29-30H,8-11,16-18,20-21H2,1-5H3,(H,37,39,40)/t23?,24-,25+,26?,29?,30?. The van der Waals surface area contributed by atoms with Gasteiger partial charge < -0.3 is 24.3 Å². The molecule has 1 aliphatic carbocycles. The molecule has 15 heteroatoms. The molecule has 0 bridgehead atoms. The summed E-state index contributed by atoms with van der Waals surface area (Å²) in [5.74, 6) is 1.54. The lowest BCUT2D eigenvalue weighted by Gasteiger charge is -2.42. The Morgan fingerprint density at radius 2 is 1.84 bits per heavy atom. The molecule has 0 amide bonds. The molecule has 15 nitrogen and oxygen atoms in total. The van der Waals surface area contributed by atoms with Crippen LogP contribution in [0.1, 0.15) is 65.0 Å². The second-order valence-electron chi connectivity index (χ2n) is 13.5. The first kappa shape index (κ1) is 35.2. The SMILES string of the molecule is COCC(C)COc1nn(C2CCC(N3C[C@@H](C)O[C@@H](C)C3)CC2)cc1Nc1nccc(-c2ccc(C#N)c(OC(C)Cn3cnnn3)c2)n1. The molecule has 1 saturated heterocycles. The average Bonchev–Trinajstić information content (AvgIpc) is 3.77. The van der Waals surface area contributed by atoms with Crippen molar-refractivity contribution in [2.45, 2.75) is 90.3 Å². The van der Waals surface area contributed by atoms with Crippen LogP contribution in [0.2, 0.25) is 0 Å². The molecular formula is C35H47N11O4. The third-order valence-corrected chi connectivity index (χ3v) is 9.12. The Morgan fingerprint density at radius 3 is 2.56 bits per heavy atom. The van der Waals surface area contributed by atoms with E-state index in [1.54, 1.807) is 24.1 Å². The smallest absolute Gasteiger partial charge is 0.256 e. The summed E-state index contributed by atoms with van der Waals surface area (Å²) in [5, 5.41) is 29.3. The maximum Gasteiger partial charge on any atom is 0.256 e. The summed E-state index contributed by atoms with van der Waals surface area (Å²) in [6, 6.07) is 10.3. The molecule has 50 heavy (non-hydrogen) atoms. The zero-order valence-electron chi connectivity index (χ0n) is 29.5. The van der Waals surface area contributed by atoms with Crippen molar-refractivity contribution in [1.29, 1.82) is 5.26 Å².